The molecule has 0 aliphatic carbocycles. The molecule has 0 aliphatic rings. The molecule has 7 heteroatoms. The Hall–Kier alpha value is -3.48. The summed E-state index contributed by atoms with van der Waals surface area (Å²) >= 11 is 0. The van der Waals surface area contributed by atoms with E-state index >= 15 is 0 Å². The van der Waals surface area contributed by atoms with E-state index in [1.54, 1.807) is 39.3 Å². The molecule has 29 heavy (non-hydrogen) atoms. The molecule has 0 saturated carbocycles. The number of amides is 1. The Morgan fingerprint density at radius 1 is 1.17 bits per heavy atom. The highest BCUT2D eigenvalue weighted by Crippen LogP contribution is 2.28. The van der Waals surface area contributed by atoms with Crippen molar-refractivity contribution in [3.8, 4) is 11.4 Å². The van der Waals surface area contributed by atoms with Crippen molar-refractivity contribution in [1.29, 1.82) is 0 Å². The van der Waals surface area contributed by atoms with Gasteiger partial charge >= 0.3 is 0 Å². The van der Waals surface area contributed by atoms with Crippen molar-refractivity contribution in [3.63, 3.8) is 0 Å². The van der Waals surface area contributed by atoms with Crippen LogP contribution in [-0.4, -0.2) is 34.7 Å². The summed E-state index contributed by atoms with van der Waals surface area (Å²) in [4.78, 5) is 27.0. The normalized spacial score (nSPS) is 11.8. The molecule has 1 aromatic heterocycles. The van der Waals surface area contributed by atoms with Gasteiger partial charge in [0.05, 0.1) is 13.2 Å². The van der Waals surface area contributed by atoms with E-state index in [2.05, 4.69) is 5.10 Å². The lowest BCUT2D eigenvalue weighted by Gasteiger charge is -2.26. The molecule has 2 aromatic carbocycles. The molecular formula is C22H22FN3O3. The third-order valence-electron chi connectivity index (χ3n) is 4.88. The Kier molecular flexibility index (Phi) is 5.77. The minimum Gasteiger partial charge on any atom is -0.496 e. The number of hydrogen-bond donors (Lipinski definition) is 0. The second-order valence-electron chi connectivity index (χ2n) is 6.70. The Bertz CT molecular complexity index is 1110. The highest BCUT2D eigenvalue weighted by atomic mass is 19.1. The zero-order valence-electron chi connectivity index (χ0n) is 16.7. The van der Waals surface area contributed by atoms with Crippen molar-refractivity contribution in [1.82, 2.24) is 14.7 Å². The van der Waals surface area contributed by atoms with Crippen LogP contribution in [0.5, 0.6) is 5.75 Å². The Morgan fingerprint density at radius 2 is 1.83 bits per heavy atom. The monoisotopic (exact) mass is 395 g/mol. The van der Waals surface area contributed by atoms with Crippen LogP contribution in [0.15, 0.2) is 59.4 Å². The number of carbonyl (C=O) groups excluding carboxylic acids is 1. The topological polar surface area (TPSA) is 64.4 Å². The van der Waals surface area contributed by atoms with Crippen LogP contribution in [0.3, 0.4) is 0 Å². The summed E-state index contributed by atoms with van der Waals surface area (Å²) < 4.78 is 20.9. The molecule has 0 spiro atoms. The van der Waals surface area contributed by atoms with Gasteiger partial charge in [-0.05, 0) is 32.0 Å². The predicted octanol–water partition coefficient (Wildman–Crippen LogP) is 3.52. The lowest BCUT2D eigenvalue weighted by molar-refractivity contribution is 0.0731. The van der Waals surface area contributed by atoms with Gasteiger partial charge in [0, 0.05) is 24.4 Å². The number of hydrogen-bond acceptors (Lipinski definition) is 4. The molecule has 3 rings (SSSR count). The Labute approximate surface area is 168 Å². The average Bonchev–Trinajstić information content (AvgIpc) is 2.73. The van der Waals surface area contributed by atoms with Gasteiger partial charge in [-0.25, -0.2) is 9.07 Å². The van der Waals surface area contributed by atoms with Crippen molar-refractivity contribution in [3.05, 3.63) is 87.6 Å². The standard InChI is InChI=1S/C22H22FN3O3/c1-14-13-19(27)21(24-26(14)18-11-7-6-10-17(18)23)22(28)25(3)15(2)16-9-5-8-12-20(16)29-4/h5-13,15H,1-4H3. The van der Waals surface area contributed by atoms with E-state index < -0.39 is 17.2 Å². The summed E-state index contributed by atoms with van der Waals surface area (Å²) in [6.45, 7) is 3.47. The number of para-hydroxylation sites is 2. The molecule has 1 atom stereocenters. The highest BCUT2D eigenvalue weighted by molar-refractivity contribution is 5.92. The molecule has 0 bridgehead atoms. The van der Waals surface area contributed by atoms with Gasteiger partial charge in [-0.3, -0.25) is 9.59 Å². The van der Waals surface area contributed by atoms with Crippen LogP contribution in [0.1, 0.15) is 34.7 Å². The van der Waals surface area contributed by atoms with E-state index in [0.717, 1.165) is 5.56 Å². The van der Waals surface area contributed by atoms with Gasteiger partial charge < -0.3 is 9.64 Å². The number of aryl methyl sites for hydroxylation is 1. The van der Waals surface area contributed by atoms with Crippen LogP contribution in [0.4, 0.5) is 4.39 Å². The van der Waals surface area contributed by atoms with Crippen LogP contribution in [0.2, 0.25) is 0 Å². The van der Waals surface area contributed by atoms with Crippen LogP contribution in [-0.2, 0) is 0 Å². The Morgan fingerprint density at radius 3 is 2.52 bits per heavy atom. The fraction of sp³-hybridized carbons (Fsp3) is 0.227. The van der Waals surface area contributed by atoms with Gasteiger partial charge in [-0.15, -0.1) is 0 Å². The second-order valence-corrected chi connectivity index (χ2v) is 6.70. The molecular weight excluding hydrogens is 373 g/mol. The van der Waals surface area contributed by atoms with Gasteiger partial charge in [0.1, 0.15) is 17.3 Å². The van der Waals surface area contributed by atoms with Crippen LogP contribution in [0.25, 0.3) is 5.69 Å². The van der Waals surface area contributed by atoms with Gasteiger partial charge in [-0.2, -0.15) is 5.10 Å². The SMILES string of the molecule is COc1ccccc1C(C)N(C)C(=O)c1nn(-c2ccccc2F)c(C)cc1=O. The molecule has 0 aliphatic heterocycles. The van der Waals surface area contributed by atoms with E-state index in [9.17, 15) is 14.0 Å². The van der Waals surface area contributed by atoms with Gasteiger partial charge in [0.2, 0.25) is 5.43 Å². The van der Waals surface area contributed by atoms with Gasteiger partial charge in [0.15, 0.2) is 5.69 Å². The van der Waals surface area contributed by atoms with E-state index in [-0.39, 0.29) is 17.4 Å². The molecule has 6 nitrogen and oxygen atoms in total. The van der Waals surface area contributed by atoms with E-state index in [4.69, 9.17) is 4.74 Å². The first-order chi connectivity index (χ1) is 13.8. The second kappa shape index (κ2) is 8.26. The zero-order chi connectivity index (χ0) is 21.1. The van der Waals surface area contributed by atoms with Crippen LogP contribution < -0.4 is 10.2 Å². The van der Waals surface area contributed by atoms with E-state index in [1.165, 1.54) is 27.8 Å². The third kappa shape index (κ3) is 3.89. The number of nitrogens with zero attached hydrogens (tertiary/aromatic N) is 3. The summed E-state index contributed by atoms with van der Waals surface area (Å²) in [7, 11) is 3.15. The molecule has 0 saturated heterocycles. The molecule has 1 unspecified atom stereocenters. The molecule has 0 radical (unpaired) electrons. The van der Waals surface area contributed by atoms with Crippen molar-refractivity contribution >= 4 is 5.91 Å². The molecule has 1 amide bonds. The van der Waals surface area contributed by atoms with E-state index in [0.29, 0.717) is 11.4 Å². The fourth-order valence-corrected chi connectivity index (χ4v) is 3.13. The zero-order valence-corrected chi connectivity index (χ0v) is 16.7. The molecule has 0 fully saturated rings. The van der Waals surface area contributed by atoms with Crippen molar-refractivity contribution < 1.29 is 13.9 Å². The maximum Gasteiger partial charge on any atom is 0.278 e. The lowest BCUT2D eigenvalue weighted by atomic mass is 10.1. The summed E-state index contributed by atoms with van der Waals surface area (Å²) in [6.07, 6.45) is 0. The number of rotatable bonds is 5. The smallest absolute Gasteiger partial charge is 0.278 e. The van der Waals surface area contributed by atoms with Crippen molar-refractivity contribution in [2.75, 3.05) is 14.2 Å². The largest absolute Gasteiger partial charge is 0.496 e. The maximum absolute atomic E-state index is 14.2. The quantitative estimate of drug-likeness (QED) is 0.663. The molecule has 150 valence electrons. The minimum atomic E-state index is -0.557. The first-order valence-electron chi connectivity index (χ1n) is 9.11. The molecule has 0 N–H and O–H groups in total. The van der Waals surface area contributed by atoms with Crippen molar-refractivity contribution in [2.24, 2.45) is 0 Å². The van der Waals surface area contributed by atoms with Crippen LogP contribution in [0, 0.1) is 12.7 Å². The van der Waals surface area contributed by atoms with Crippen LogP contribution >= 0.6 is 0 Å². The van der Waals surface area contributed by atoms with Crippen molar-refractivity contribution in [2.45, 2.75) is 19.9 Å². The lowest BCUT2D eigenvalue weighted by Crippen LogP contribution is -2.35. The van der Waals surface area contributed by atoms with E-state index in [1.807, 2.05) is 25.1 Å². The average molecular weight is 395 g/mol. The van der Waals surface area contributed by atoms with Gasteiger partial charge in [0.25, 0.3) is 5.91 Å². The third-order valence-corrected chi connectivity index (χ3v) is 4.88. The minimum absolute atomic E-state index is 0.166. The molecule has 1 heterocycles. The number of aromatic nitrogens is 2. The van der Waals surface area contributed by atoms with Gasteiger partial charge in [-0.1, -0.05) is 30.3 Å². The number of carbonyl (C=O) groups is 1. The first-order valence-corrected chi connectivity index (χ1v) is 9.11. The number of ether oxygens (including phenoxy) is 1. The molecule has 3 aromatic rings. The maximum atomic E-state index is 14.2. The summed E-state index contributed by atoms with van der Waals surface area (Å²) in [5.74, 6) is -0.417. The number of halogens is 1. The summed E-state index contributed by atoms with van der Waals surface area (Å²) in [5.41, 5.74) is 0.603. The fourth-order valence-electron chi connectivity index (χ4n) is 3.13. The summed E-state index contributed by atoms with van der Waals surface area (Å²) in [5, 5.41) is 4.18. The summed E-state index contributed by atoms with van der Waals surface area (Å²) in [6, 6.07) is 14.3. The predicted molar refractivity (Wildman–Crippen MR) is 108 cm³/mol. The Balaban J connectivity index is 2.02. The highest BCUT2D eigenvalue weighted by Gasteiger charge is 2.25. The number of methoxy groups -OCH3 is 1. The first kappa shape index (κ1) is 20.3. The number of benzene rings is 2.